The second-order valence-electron chi connectivity index (χ2n) is 4.47. The summed E-state index contributed by atoms with van der Waals surface area (Å²) in [5.74, 6) is 0. The molecule has 1 atom stereocenters. The molecule has 0 aliphatic heterocycles. The summed E-state index contributed by atoms with van der Waals surface area (Å²) >= 11 is 0. The SMILES string of the molecule is CCCNC(C)c1cccc(-n2c(=O)[nH][nH]c2=O)c1. The van der Waals surface area contributed by atoms with Crippen molar-refractivity contribution in [2.75, 3.05) is 6.54 Å². The number of aromatic amines is 2. The molecule has 0 radical (unpaired) electrons. The quantitative estimate of drug-likeness (QED) is 0.749. The number of H-pyrrole nitrogens is 2. The molecule has 1 aromatic carbocycles. The molecular weight excluding hydrogens is 244 g/mol. The third-order valence-corrected chi connectivity index (χ3v) is 3.01. The second-order valence-corrected chi connectivity index (χ2v) is 4.47. The molecule has 0 aliphatic carbocycles. The van der Waals surface area contributed by atoms with Crippen LogP contribution in [0.4, 0.5) is 0 Å². The molecule has 1 heterocycles. The van der Waals surface area contributed by atoms with Crippen LogP contribution in [-0.2, 0) is 0 Å². The molecule has 102 valence electrons. The van der Waals surface area contributed by atoms with E-state index in [9.17, 15) is 9.59 Å². The van der Waals surface area contributed by atoms with Crippen molar-refractivity contribution >= 4 is 0 Å². The average molecular weight is 262 g/mol. The summed E-state index contributed by atoms with van der Waals surface area (Å²) in [4.78, 5) is 23.1. The Kier molecular flexibility index (Phi) is 4.01. The maximum absolute atomic E-state index is 11.6. The molecule has 3 N–H and O–H groups in total. The lowest BCUT2D eigenvalue weighted by molar-refractivity contribution is 0.570. The lowest BCUT2D eigenvalue weighted by Crippen LogP contribution is -2.25. The van der Waals surface area contributed by atoms with Crippen molar-refractivity contribution < 1.29 is 0 Å². The fraction of sp³-hybridized carbons (Fsp3) is 0.385. The number of rotatable bonds is 5. The number of aromatic nitrogens is 3. The fourth-order valence-electron chi connectivity index (χ4n) is 1.96. The van der Waals surface area contributed by atoms with Gasteiger partial charge in [-0.3, -0.25) is 0 Å². The van der Waals surface area contributed by atoms with Gasteiger partial charge in [-0.05, 0) is 37.6 Å². The minimum atomic E-state index is -0.462. The van der Waals surface area contributed by atoms with Crippen LogP contribution in [0.25, 0.3) is 5.69 Å². The Balaban J connectivity index is 2.35. The topological polar surface area (TPSA) is 82.7 Å². The van der Waals surface area contributed by atoms with E-state index in [1.807, 2.05) is 18.2 Å². The summed E-state index contributed by atoms with van der Waals surface area (Å²) in [6.45, 7) is 5.09. The predicted molar refractivity (Wildman–Crippen MR) is 73.7 cm³/mol. The van der Waals surface area contributed by atoms with Crippen LogP contribution in [0.5, 0.6) is 0 Å². The molecule has 0 amide bonds. The van der Waals surface area contributed by atoms with Crippen LogP contribution in [0, 0.1) is 0 Å². The van der Waals surface area contributed by atoms with Crippen molar-refractivity contribution in [3.63, 3.8) is 0 Å². The van der Waals surface area contributed by atoms with Crippen molar-refractivity contribution in [3.8, 4) is 5.69 Å². The largest absolute Gasteiger partial charge is 0.348 e. The molecule has 0 spiro atoms. The molecule has 19 heavy (non-hydrogen) atoms. The minimum absolute atomic E-state index is 0.175. The van der Waals surface area contributed by atoms with Gasteiger partial charge in [0.2, 0.25) is 0 Å². The molecule has 0 bridgehead atoms. The van der Waals surface area contributed by atoms with E-state index >= 15 is 0 Å². The first-order chi connectivity index (χ1) is 9.13. The third-order valence-electron chi connectivity index (χ3n) is 3.01. The van der Waals surface area contributed by atoms with Gasteiger partial charge in [-0.2, -0.15) is 0 Å². The number of hydrogen-bond acceptors (Lipinski definition) is 3. The molecule has 2 aromatic rings. The summed E-state index contributed by atoms with van der Waals surface area (Å²) < 4.78 is 1.08. The lowest BCUT2D eigenvalue weighted by Gasteiger charge is -2.14. The van der Waals surface area contributed by atoms with Gasteiger partial charge in [0, 0.05) is 6.04 Å². The summed E-state index contributed by atoms with van der Waals surface area (Å²) in [5.41, 5.74) is 0.682. The highest BCUT2D eigenvalue weighted by atomic mass is 16.2. The molecule has 1 unspecified atom stereocenters. The fourth-order valence-corrected chi connectivity index (χ4v) is 1.96. The Labute approximate surface area is 110 Å². The van der Waals surface area contributed by atoms with Crippen molar-refractivity contribution in [1.29, 1.82) is 0 Å². The van der Waals surface area contributed by atoms with E-state index in [0.29, 0.717) is 5.69 Å². The first-order valence-electron chi connectivity index (χ1n) is 6.37. The van der Waals surface area contributed by atoms with Crippen LogP contribution < -0.4 is 16.7 Å². The maximum atomic E-state index is 11.6. The molecule has 2 rings (SSSR count). The van der Waals surface area contributed by atoms with Gasteiger partial charge in [-0.15, -0.1) is 0 Å². The Bertz CT molecular complexity index is 625. The highest BCUT2D eigenvalue weighted by Crippen LogP contribution is 2.15. The van der Waals surface area contributed by atoms with Gasteiger partial charge in [0.1, 0.15) is 0 Å². The van der Waals surface area contributed by atoms with E-state index in [4.69, 9.17) is 0 Å². The summed E-state index contributed by atoms with van der Waals surface area (Å²) in [6, 6.07) is 7.57. The first-order valence-corrected chi connectivity index (χ1v) is 6.37. The molecule has 0 aliphatic rings. The standard InChI is InChI=1S/C13H18N4O2/c1-3-7-14-9(2)10-5-4-6-11(8-10)17-12(18)15-16-13(17)19/h4-6,8-9,14H,3,7H2,1-2H3,(H,15,18)(H,16,19). The number of nitrogens with one attached hydrogen (secondary N) is 3. The number of benzene rings is 1. The molecule has 6 nitrogen and oxygen atoms in total. The minimum Gasteiger partial charge on any atom is -0.310 e. The molecule has 0 saturated carbocycles. The average Bonchev–Trinajstić information content (AvgIpc) is 2.75. The molecular formula is C13H18N4O2. The first kappa shape index (κ1) is 13.4. The van der Waals surface area contributed by atoms with Crippen LogP contribution in [0.1, 0.15) is 31.9 Å². The second kappa shape index (κ2) is 5.71. The van der Waals surface area contributed by atoms with Crippen LogP contribution >= 0.6 is 0 Å². The maximum Gasteiger partial charge on any atom is 0.348 e. The van der Waals surface area contributed by atoms with E-state index in [1.54, 1.807) is 6.07 Å². The van der Waals surface area contributed by atoms with Crippen LogP contribution in [0.3, 0.4) is 0 Å². The Morgan fingerprint density at radius 2 is 1.95 bits per heavy atom. The molecule has 1 aromatic heterocycles. The van der Waals surface area contributed by atoms with Crippen molar-refractivity contribution in [2.24, 2.45) is 0 Å². The monoisotopic (exact) mass is 262 g/mol. The Morgan fingerprint density at radius 3 is 2.58 bits per heavy atom. The Morgan fingerprint density at radius 1 is 1.26 bits per heavy atom. The van der Waals surface area contributed by atoms with E-state index in [2.05, 4.69) is 29.4 Å². The highest BCUT2D eigenvalue weighted by Gasteiger charge is 2.09. The zero-order chi connectivity index (χ0) is 13.8. The zero-order valence-electron chi connectivity index (χ0n) is 11.1. The van der Waals surface area contributed by atoms with E-state index < -0.39 is 11.4 Å². The van der Waals surface area contributed by atoms with E-state index in [-0.39, 0.29) is 6.04 Å². The van der Waals surface area contributed by atoms with Crippen LogP contribution in [0.15, 0.2) is 33.9 Å². The van der Waals surface area contributed by atoms with Gasteiger partial charge in [0.05, 0.1) is 5.69 Å². The predicted octanol–water partition coefficient (Wildman–Crippen LogP) is 0.914. The van der Waals surface area contributed by atoms with E-state index in [1.165, 1.54) is 0 Å². The Hall–Kier alpha value is -2.08. The van der Waals surface area contributed by atoms with Crippen LogP contribution in [0.2, 0.25) is 0 Å². The van der Waals surface area contributed by atoms with Gasteiger partial charge in [-0.25, -0.2) is 24.4 Å². The number of hydrogen-bond donors (Lipinski definition) is 3. The smallest absolute Gasteiger partial charge is 0.310 e. The molecule has 0 fully saturated rings. The van der Waals surface area contributed by atoms with Gasteiger partial charge in [-0.1, -0.05) is 19.1 Å². The third kappa shape index (κ3) is 2.85. The summed E-state index contributed by atoms with van der Waals surface area (Å²) in [7, 11) is 0. The summed E-state index contributed by atoms with van der Waals surface area (Å²) in [5, 5.41) is 7.91. The van der Waals surface area contributed by atoms with Gasteiger partial charge >= 0.3 is 11.4 Å². The van der Waals surface area contributed by atoms with E-state index in [0.717, 1.165) is 23.1 Å². The molecule has 6 heteroatoms. The van der Waals surface area contributed by atoms with Crippen molar-refractivity contribution in [2.45, 2.75) is 26.3 Å². The summed E-state index contributed by atoms with van der Waals surface area (Å²) in [6.07, 6.45) is 1.06. The lowest BCUT2D eigenvalue weighted by atomic mass is 10.1. The number of nitrogens with zero attached hydrogens (tertiary/aromatic N) is 1. The van der Waals surface area contributed by atoms with Crippen molar-refractivity contribution in [1.82, 2.24) is 20.1 Å². The van der Waals surface area contributed by atoms with Gasteiger partial charge < -0.3 is 5.32 Å². The van der Waals surface area contributed by atoms with Gasteiger partial charge in [0.15, 0.2) is 0 Å². The zero-order valence-corrected chi connectivity index (χ0v) is 11.1. The highest BCUT2D eigenvalue weighted by molar-refractivity contribution is 5.36. The molecule has 0 saturated heterocycles. The van der Waals surface area contributed by atoms with Crippen molar-refractivity contribution in [3.05, 3.63) is 50.8 Å². The van der Waals surface area contributed by atoms with Crippen LogP contribution in [-0.4, -0.2) is 21.3 Å². The van der Waals surface area contributed by atoms with Gasteiger partial charge in [0.25, 0.3) is 0 Å². The normalized spacial score (nSPS) is 12.5.